The fourth-order valence-corrected chi connectivity index (χ4v) is 5.77. The van der Waals surface area contributed by atoms with Gasteiger partial charge in [0.2, 0.25) is 0 Å². The first-order valence-corrected chi connectivity index (χ1v) is 19.2. The highest BCUT2D eigenvalue weighted by molar-refractivity contribution is 6.09. The van der Waals surface area contributed by atoms with E-state index < -0.39 is 11.9 Å². The van der Waals surface area contributed by atoms with Crippen LogP contribution in [0.1, 0.15) is 174 Å². The topological polar surface area (TPSA) is 72.8 Å². The zero-order valence-corrected chi connectivity index (χ0v) is 29.9. The molecule has 5 heteroatoms. The molecule has 5 nitrogen and oxygen atoms in total. The van der Waals surface area contributed by atoms with E-state index in [1.54, 1.807) is 0 Å². The highest BCUT2D eigenvalue weighted by Gasteiger charge is 2.52. The van der Waals surface area contributed by atoms with E-state index >= 15 is 0 Å². The molecule has 264 valence electrons. The van der Waals surface area contributed by atoms with E-state index in [0.29, 0.717) is 19.3 Å². The van der Waals surface area contributed by atoms with Gasteiger partial charge in [-0.1, -0.05) is 127 Å². The Morgan fingerprint density at radius 1 is 0.587 bits per heavy atom. The van der Waals surface area contributed by atoms with Gasteiger partial charge in [0.15, 0.2) is 11.6 Å². The number of ketones is 2. The van der Waals surface area contributed by atoms with Gasteiger partial charge in [-0.25, -0.2) is 0 Å². The van der Waals surface area contributed by atoms with Crippen molar-refractivity contribution in [1.82, 2.24) is 0 Å². The van der Waals surface area contributed by atoms with Crippen molar-refractivity contribution in [3.05, 3.63) is 48.6 Å². The van der Waals surface area contributed by atoms with Crippen LogP contribution in [0.3, 0.4) is 0 Å². The van der Waals surface area contributed by atoms with Gasteiger partial charge in [-0.05, 0) is 83.5 Å². The molecule has 1 heterocycles. The number of hydrogen-bond acceptors (Lipinski definition) is 5. The molecule has 1 aliphatic heterocycles. The van der Waals surface area contributed by atoms with Crippen LogP contribution in [0.25, 0.3) is 0 Å². The molecule has 0 aliphatic carbocycles. The van der Waals surface area contributed by atoms with Crippen molar-refractivity contribution in [3.63, 3.8) is 0 Å². The summed E-state index contributed by atoms with van der Waals surface area (Å²) < 4.78 is 11.8. The van der Waals surface area contributed by atoms with Gasteiger partial charge in [-0.3, -0.25) is 9.59 Å². The molecule has 1 rings (SSSR count). The molecule has 1 fully saturated rings. The third-order valence-corrected chi connectivity index (χ3v) is 8.70. The Balaban J connectivity index is 2.24. The third-order valence-electron chi connectivity index (χ3n) is 8.70. The van der Waals surface area contributed by atoms with Crippen LogP contribution in [-0.2, 0) is 19.1 Å². The van der Waals surface area contributed by atoms with Crippen molar-refractivity contribution >= 4 is 11.6 Å². The first-order valence-electron chi connectivity index (χ1n) is 19.2. The molecule has 0 aromatic carbocycles. The molecule has 46 heavy (non-hydrogen) atoms. The standard InChI is InChI=1S/C41H70O5/c1-3-5-7-9-11-13-15-17-19-21-23-25-27-29-31-33-39(43)41(45-37-38(46-41)35-36-42)40(44)34-32-30-28-26-24-22-20-18-16-14-12-10-8-6-4-2/h11-14,17-20,38,42H,3-10,15-16,21-37H2,1-2H3/b13-11-,14-12-,19-17-,20-18-. The minimum absolute atomic E-state index is 0.0532. The van der Waals surface area contributed by atoms with Gasteiger partial charge >= 0.3 is 0 Å². The first-order chi connectivity index (χ1) is 22.6. The molecule has 1 aliphatic rings. The van der Waals surface area contributed by atoms with E-state index in [1.807, 2.05) is 0 Å². The van der Waals surface area contributed by atoms with Crippen molar-refractivity contribution in [2.45, 2.75) is 186 Å². The molecule has 0 bridgehead atoms. The summed E-state index contributed by atoms with van der Waals surface area (Å²) >= 11 is 0. The first kappa shape index (κ1) is 42.2. The van der Waals surface area contributed by atoms with Crippen LogP contribution in [0.4, 0.5) is 0 Å². The Kier molecular flexibility index (Phi) is 28.0. The van der Waals surface area contributed by atoms with Crippen molar-refractivity contribution in [3.8, 4) is 0 Å². The van der Waals surface area contributed by atoms with Gasteiger partial charge in [-0.2, -0.15) is 0 Å². The Bertz CT molecular complexity index is 797. The van der Waals surface area contributed by atoms with Crippen molar-refractivity contribution < 1.29 is 24.2 Å². The monoisotopic (exact) mass is 643 g/mol. The molecular weight excluding hydrogens is 572 g/mol. The number of aliphatic hydroxyl groups is 1. The summed E-state index contributed by atoms with van der Waals surface area (Å²) in [6, 6.07) is 0. The number of rotatable bonds is 32. The smallest absolute Gasteiger partial charge is 0.290 e. The molecule has 1 atom stereocenters. The van der Waals surface area contributed by atoms with E-state index in [1.165, 1.54) is 51.4 Å². The quantitative estimate of drug-likeness (QED) is 0.0449. The molecule has 0 saturated carbocycles. The van der Waals surface area contributed by atoms with Gasteiger partial charge in [0.25, 0.3) is 5.79 Å². The van der Waals surface area contributed by atoms with E-state index in [4.69, 9.17) is 9.47 Å². The zero-order valence-electron chi connectivity index (χ0n) is 29.9. The molecule has 0 aromatic rings. The number of carbonyl (C=O) groups is 2. The second-order valence-electron chi connectivity index (χ2n) is 13.0. The molecular formula is C41H70O5. The average Bonchev–Trinajstić information content (AvgIpc) is 3.50. The van der Waals surface area contributed by atoms with Crippen LogP contribution in [0.15, 0.2) is 48.6 Å². The molecule has 1 N–H and O–H groups in total. The minimum Gasteiger partial charge on any atom is -0.396 e. The highest BCUT2D eigenvalue weighted by atomic mass is 16.8. The molecule has 0 aromatic heterocycles. The molecule has 0 radical (unpaired) electrons. The summed E-state index contributed by atoms with van der Waals surface area (Å²) in [7, 11) is 0. The predicted molar refractivity (Wildman–Crippen MR) is 194 cm³/mol. The zero-order chi connectivity index (χ0) is 33.4. The SMILES string of the molecule is CCCCC/C=C\C/C=C\CCCCCCCC(=O)C1(C(=O)CCCCCCC/C=C\C/C=C\CCCCC)OCC(CCO)O1. The minimum atomic E-state index is -1.76. The van der Waals surface area contributed by atoms with Gasteiger partial charge in [0.1, 0.15) is 0 Å². The summed E-state index contributed by atoms with van der Waals surface area (Å²) in [6.07, 6.45) is 43.3. The second-order valence-corrected chi connectivity index (χ2v) is 13.0. The van der Waals surface area contributed by atoms with Gasteiger partial charge in [0, 0.05) is 19.4 Å². The van der Waals surface area contributed by atoms with Gasteiger partial charge in [0.05, 0.1) is 12.7 Å². The number of ether oxygens (including phenoxy) is 2. The van der Waals surface area contributed by atoms with Crippen LogP contribution in [0, 0.1) is 0 Å². The predicted octanol–water partition coefficient (Wildman–Crippen LogP) is 11.2. The summed E-state index contributed by atoms with van der Waals surface area (Å²) in [5.74, 6) is -2.25. The summed E-state index contributed by atoms with van der Waals surface area (Å²) in [4.78, 5) is 26.6. The van der Waals surface area contributed by atoms with Crippen LogP contribution in [0.2, 0.25) is 0 Å². The highest BCUT2D eigenvalue weighted by Crippen LogP contribution is 2.31. The number of hydrogen-bond donors (Lipinski definition) is 1. The van der Waals surface area contributed by atoms with Crippen molar-refractivity contribution in [2.75, 3.05) is 13.2 Å². The van der Waals surface area contributed by atoms with Crippen molar-refractivity contribution in [2.24, 2.45) is 0 Å². The fraction of sp³-hybridized carbons (Fsp3) is 0.756. The Morgan fingerprint density at radius 3 is 1.39 bits per heavy atom. The number of carbonyl (C=O) groups excluding carboxylic acids is 2. The van der Waals surface area contributed by atoms with Crippen LogP contribution in [-0.4, -0.2) is 41.8 Å². The number of aliphatic hydroxyl groups excluding tert-OH is 1. The molecule has 1 unspecified atom stereocenters. The van der Waals surface area contributed by atoms with Crippen LogP contribution in [0.5, 0.6) is 0 Å². The van der Waals surface area contributed by atoms with Crippen molar-refractivity contribution in [1.29, 1.82) is 0 Å². The fourth-order valence-electron chi connectivity index (χ4n) is 5.77. The van der Waals surface area contributed by atoms with E-state index in [9.17, 15) is 14.7 Å². The Labute approximate surface area is 283 Å². The molecule has 0 amide bonds. The normalized spacial score (nSPS) is 16.6. The second kappa shape index (κ2) is 30.5. The maximum absolute atomic E-state index is 13.3. The van der Waals surface area contributed by atoms with E-state index in [-0.39, 0.29) is 24.8 Å². The molecule has 1 saturated heterocycles. The number of unbranched alkanes of at least 4 members (excludes halogenated alkanes) is 16. The lowest BCUT2D eigenvalue weighted by atomic mass is 9.96. The summed E-state index contributed by atoms with van der Waals surface area (Å²) in [6.45, 7) is 4.60. The largest absolute Gasteiger partial charge is 0.396 e. The lowest BCUT2D eigenvalue weighted by Crippen LogP contribution is -2.48. The third kappa shape index (κ3) is 21.1. The van der Waals surface area contributed by atoms with E-state index in [0.717, 1.165) is 89.9 Å². The summed E-state index contributed by atoms with van der Waals surface area (Å²) in [5.41, 5.74) is 0. The van der Waals surface area contributed by atoms with E-state index in [2.05, 4.69) is 62.5 Å². The van der Waals surface area contributed by atoms with Crippen LogP contribution >= 0.6 is 0 Å². The average molecular weight is 643 g/mol. The number of Topliss-reactive ketones (excluding diaryl/α,β-unsaturated/α-hetero) is 2. The Hall–Kier alpha value is -1.82. The van der Waals surface area contributed by atoms with Crippen LogP contribution < -0.4 is 0 Å². The maximum atomic E-state index is 13.3. The Morgan fingerprint density at radius 2 is 0.978 bits per heavy atom. The number of allylic oxidation sites excluding steroid dienone is 8. The maximum Gasteiger partial charge on any atom is 0.290 e. The molecule has 0 spiro atoms. The van der Waals surface area contributed by atoms with Gasteiger partial charge in [-0.15, -0.1) is 0 Å². The lowest BCUT2D eigenvalue weighted by molar-refractivity contribution is -0.192. The summed E-state index contributed by atoms with van der Waals surface area (Å²) in [5, 5.41) is 9.36. The lowest BCUT2D eigenvalue weighted by Gasteiger charge is -2.25. The van der Waals surface area contributed by atoms with Gasteiger partial charge < -0.3 is 14.6 Å².